The van der Waals surface area contributed by atoms with Gasteiger partial charge >= 0.3 is 0 Å². The van der Waals surface area contributed by atoms with Gasteiger partial charge in [-0.15, -0.1) is 23.7 Å². The Kier molecular flexibility index (Phi) is 7.67. The van der Waals surface area contributed by atoms with E-state index in [0.29, 0.717) is 12.5 Å². The van der Waals surface area contributed by atoms with Gasteiger partial charge in [0.05, 0.1) is 5.56 Å². The molecule has 5 N–H and O–H groups in total. The van der Waals surface area contributed by atoms with Gasteiger partial charge in [0.15, 0.2) is 0 Å². The van der Waals surface area contributed by atoms with Crippen molar-refractivity contribution >= 4 is 39.7 Å². The summed E-state index contributed by atoms with van der Waals surface area (Å²) >= 11 is 0.928. The van der Waals surface area contributed by atoms with E-state index in [4.69, 9.17) is 10.9 Å². The number of amides is 1. The third-order valence-electron chi connectivity index (χ3n) is 2.49. The number of carbonyl (C=O) groups is 1. The van der Waals surface area contributed by atoms with Crippen molar-refractivity contribution in [3.63, 3.8) is 0 Å². The summed E-state index contributed by atoms with van der Waals surface area (Å²) in [6.45, 7) is 4.42. The van der Waals surface area contributed by atoms with Crippen LogP contribution in [0.2, 0.25) is 0 Å². The molecule has 0 spiro atoms. The summed E-state index contributed by atoms with van der Waals surface area (Å²) in [6, 6.07) is 1.16. The van der Waals surface area contributed by atoms with Crippen molar-refractivity contribution in [2.24, 2.45) is 16.8 Å². The Morgan fingerprint density at radius 3 is 2.45 bits per heavy atom. The van der Waals surface area contributed by atoms with Gasteiger partial charge in [0.2, 0.25) is 10.0 Å². The van der Waals surface area contributed by atoms with Gasteiger partial charge in [-0.25, -0.2) is 13.6 Å². The number of nitrogens with two attached hydrogens (primary N) is 2. The quantitative estimate of drug-likeness (QED) is 0.713. The average molecular weight is 342 g/mol. The molecule has 0 bridgehead atoms. The lowest BCUT2D eigenvalue weighted by atomic mass is 10.0. The third-order valence-corrected chi connectivity index (χ3v) is 4.88. The molecule has 0 aliphatic rings. The summed E-state index contributed by atoms with van der Waals surface area (Å²) in [5, 5.41) is 9.25. The van der Waals surface area contributed by atoms with E-state index in [2.05, 4.69) is 5.32 Å². The van der Waals surface area contributed by atoms with Gasteiger partial charge in [-0.3, -0.25) is 4.79 Å². The van der Waals surface area contributed by atoms with Crippen LogP contribution in [0.15, 0.2) is 15.7 Å². The number of nitrogens with one attached hydrogen (secondary N) is 1. The molecule has 6 nitrogen and oxygen atoms in total. The summed E-state index contributed by atoms with van der Waals surface area (Å²) < 4.78 is 22.2. The molecule has 1 heterocycles. The molecule has 1 rings (SSSR count). The monoisotopic (exact) mass is 341 g/mol. The zero-order valence-corrected chi connectivity index (χ0v) is 13.8. The Morgan fingerprint density at radius 1 is 1.45 bits per heavy atom. The smallest absolute Gasteiger partial charge is 0.252 e. The Bertz CT molecular complexity index is 543. The second kappa shape index (κ2) is 7.94. The van der Waals surface area contributed by atoms with Crippen LogP contribution in [-0.4, -0.2) is 26.9 Å². The van der Waals surface area contributed by atoms with Gasteiger partial charge in [0.1, 0.15) is 4.21 Å². The molecule has 1 amide bonds. The predicted molar refractivity (Wildman–Crippen MR) is 82.7 cm³/mol. The second-order valence-corrected chi connectivity index (χ2v) is 7.43. The summed E-state index contributed by atoms with van der Waals surface area (Å²) in [4.78, 5) is 11.9. The summed E-state index contributed by atoms with van der Waals surface area (Å²) in [6.07, 6.45) is 0.772. The molecular weight excluding hydrogens is 322 g/mol. The van der Waals surface area contributed by atoms with E-state index in [0.717, 1.165) is 17.8 Å². The van der Waals surface area contributed by atoms with E-state index in [-0.39, 0.29) is 34.1 Å². The predicted octanol–water partition coefficient (Wildman–Crippen LogP) is 0.921. The van der Waals surface area contributed by atoms with E-state index >= 15 is 0 Å². The number of hydrogen-bond acceptors (Lipinski definition) is 5. The average Bonchev–Trinajstić information content (AvgIpc) is 2.76. The van der Waals surface area contributed by atoms with Crippen LogP contribution in [0.5, 0.6) is 0 Å². The first-order valence-corrected chi connectivity index (χ1v) is 8.29. The van der Waals surface area contributed by atoms with Gasteiger partial charge in [-0.2, -0.15) is 0 Å². The fourth-order valence-corrected chi connectivity index (χ4v) is 3.22. The summed E-state index contributed by atoms with van der Waals surface area (Å²) in [7, 11) is -3.75. The molecular formula is C11H20ClN3O3S2. The Balaban J connectivity index is 0.00000361. The van der Waals surface area contributed by atoms with Crippen molar-refractivity contribution in [1.29, 1.82) is 0 Å². The first-order valence-electron chi connectivity index (χ1n) is 5.86. The first kappa shape index (κ1) is 19.3. The molecule has 1 unspecified atom stereocenters. The lowest BCUT2D eigenvalue weighted by Crippen LogP contribution is -2.40. The van der Waals surface area contributed by atoms with Crippen LogP contribution in [0.25, 0.3) is 0 Å². The molecule has 0 aliphatic heterocycles. The number of carbonyl (C=O) groups excluding carboxylic acids is 1. The third kappa shape index (κ3) is 5.76. The molecule has 0 saturated carbocycles. The molecule has 0 fully saturated rings. The number of primary sulfonamides is 1. The van der Waals surface area contributed by atoms with Gasteiger partial charge < -0.3 is 11.1 Å². The Labute approximate surface area is 129 Å². The zero-order valence-electron chi connectivity index (χ0n) is 11.3. The minimum atomic E-state index is -3.75. The highest BCUT2D eigenvalue weighted by Gasteiger charge is 2.18. The van der Waals surface area contributed by atoms with Crippen LogP contribution in [0.1, 0.15) is 30.6 Å². The van der Waals surface area contributed by atoms with Crippen molar-refractivity contribution in [3.8, 4) is 0 Å². The molecule has 1 atom stereocenters. The van der Waals surface area contributed by atoms with Crippen molar-refractivity contribution in [1.82, 2.24) is 5.32 Å². The SMILES string of the molecule is CC(C)CC(CN)NC(=O)c1csc(S(N)(=O)=O)c1.Cl. The minimum Gasteiger partial charge on any atom is -0.348 e. The number of thiophene rings is 1. The van der Waals surface area contributed by atoms with Crippen LogP contribution in [0, 0.1) is 5.92 Å². The van der Waals surface area contributed by atoms with Crippen LogP contribution in [-0.2, 0) is 10.0 Å². The van der Waals surface area contributed by atoms with Crippen LogP contribution in [0.4, 0.5) is 0 Å². The molecule has 0 saturated heterocycles. The van der Waals surface area contributed by atoms with Crippen LogP contribution >= 0.6 is 23.7 Å². The molecule has 1 aromatic rings. The number of hydrogen-bond donors (Lipinski definition) is 3. The first-order chi connectivity index (χ1) is 8.74. The van der Waals surface area contributed by atoms with Crippen molar-refractivity contribution in [2.45, 2.75) is 30.5 Å². The summed E-state index contributed by atoms with van der Waals surface area (Å²) in [5.74, 6) is 0.0820. The van der Waals surface area contributed by atoms with Crippen molar-refractivity contribution in [2.75, 3.05) is 6.54 Å². The lowest BCUT2D eigenvalue weighted by molar-refractivity contribution is 0.0934. The molecule has 1 aromatic heterocycles. The van der Waals surface area contributed by atoms with E-state index in [9.17, 15) is 13.2 Å². The molecule has 116 valence electrons. The van der Waals surface area contributed by atoms with E-state index in [1.807, 2.05) is 13.8 Å². The van der Waals surface area contributed by atoms with Gasteiger partial charge in [0.25, 0.3) is 5.91 Å². The standard InChI is InChI=1S/C11H19N3O3S2.ClH/c1-7(2)3-9(5-12)14-11(15)8-4-10(18-6-8)19(13,16)17;/h4,6-7,9H,3,5,12H2,1-2H3,(H,14,15)(H2,13,16,17);1H. The molecule has 0 radical (unpaired) electrons. The Hall–Kier alpha value is -0.670. The maximum Gasteiger partial charge on any atom is 0.252 e. The van der Waals surface area contributed by atoms with Gasteiger partial charge in [-0.05, 0) is 18.4 Å². The largest absolute Gasteiger partial charge is 0.348 e. The van der Waals surface area contributed by atoms with Crippen LogP contribution < -0.4 is 16.2 Å². The van der Waals surface area contributed by atoms with Gasteiger partial charge in [0, 0.05) is 18.0 Å². The highest BCUT2D eigenvalue weighted by atomic mass is 35.5. The van der Waals surface area contributed by atoms with E-state index in [1.54, 1.807) is 0 Å². The number of halogens is 1. The number of rotatable bonds is 6. The molecule has 20 heavy (non-hydrogen) atoms. The molecule has 9 heteroatoms. The fraction of sp³-hybridized carbons (Fsp3) is 0.545. The molecule has 0 aliphatic carbocycles. The second-order valence-electron chi connectivity index (χ2n) is 4.74. The highest BCUT2D eigenvalue weighted by Crippen LogP contribution is 2.19. The minimum absolute atomic E-state index is 0. The fourth-order valence-electron chi connectivity index (χ4n) is 1.64. The lowest BCUT2D eigenvalue weighted by Gasteiger charge is -2.18. The van der Waals surface area contributed by atoms with E-state index in [1.165, 1.54) is 11.4 Å². The normalized spacial score (nSPS) is 12.8. The van der Waals surface area contributed by atoms with Crippen molar-refractivity contribution < 1.29 is 13.2 Å². The van der Waals surface area contributed by atoms with Gasteiger partial charge in [-0.1, -0.05) is 13.8 Å². The van der Waals surface area contributed by atoms with Crippen LogP contribution in [0.3, 0.4) is 0 Å². The van der Waals surface area contributed by atoms with E-state index < -0.39 is 10.0 Å². The maximum absolute atomic E-state index is 11.9. The highest BCUT2D eigenvalue weighted by molar-refractivity contribution is 7.91. The Morgan fingerprint density at radius 2 is 2.05 bits per heavy atom. The summed E-state index contributed by atoms with van der Waals surface area (Å²) in [5.41, 5.74) is 5.88. The zero-order chi connectivity index (χ0) is 14.6. The number of sulfonamides is 1. The maximum atomic E-state index is 11.9. The topological polar surface area (TPSA) is 115 Å². The molecule has 0 aromatic carbocycles. The van der Waals surface area contributed by atoms with Crippen molar-refractivity contribution in [3.05, 3.63) is 17.0 Å².